The molecule has 0 atom stereocenters. The Bertz CT molecular complexity index is 1100. The molecule has 3 N–H and O–H groups in total. The first-order valence-electron chi connectivity index (χ1n) is 9.67. The van der Waals surface area contributed by atoms with Gasteiger partial charge in [-0.2, -0.15) is 0 Å². The first kappa shape index (κ1) is 23.1. The minimum atomic E-state index is -4.27. The molecule has 0 bridgehead atoms. The molecule has 1 aliphatic rings. The van der Waals surface area contributed by atoms with Crippen LogP contribution in [0.25, 0.3) is 0 Å². The lowest BCUT2D eigenvalue weighted by molar-refractivity contribution is 0.251. The summed E-state index contributed by atoms with van der Waals surface area (Å²) in [4.78, 5) is 15.9. The second kappa shape index (κ2) is 9.73. The fourth-order valence-electron chi connectivity index (χ4n) is 3.34. The Kier molecular flexibility index (Phi) is 7.26. The van der Waals surface area contributed by atoms with Crippen molar-refractivity contribution in [2.75, 3.05) is 24.7 Å². The van der Waals surface area contributed by atoms with Gasteiger partial charge in [-0.05, 0) is 61.8 Å². The van der Waals surface area contributed by atoms with Crippen LogP contribution in [-0.2, 0) is 26.6 Å². The SMILES string of the molecule is CS(=O)(=O)N(C1CCNCC1)S(=O)(=O)c1ccc(NC(=O)NCc2cccnc2)cc1. The van der Waals surface area contributed by atoms with Gasteiger partial charge in [-0.3, -0.25) is 4.98 Å². The number of benzene rings is 1. The molecule has 0 saturated carbocycles. The van der Waals surface area contributed by atoms with E-state index in [9.17, 15) is 21.6 Å². The highest BCUT2D eigenvalue weighted by Gasteiger charge is 2.39. The Hall–Kier alpha value is -2.54. The largest absolute Gasteiger partial charge is 0.334 e. The molecule has 1 aromatic heterocycles. The molecule has 2 aromatic rings. The van der Waals surface area contributed by atoms with E-state index in [1.165, 1.54) is 24.3 Å². The Labute approximate surface area is 182 Å². The quantitative estimate of drug-likeness (QED) is 0.554. The third-order valence-corrected chi connectivity index (χ3v) is 8.75. The van der Waals surface area contributed by atoms with Gasteiger partial charge in [-0.15, -0.1) is 0 Å². The number of aromatic nitrogens is 1. The number of piperidine rings is 1. The zero-order chi connectivity index (χ0) is 22.5. The summed E-state index contributed by atoms with van der Waals surface area (Å²) in [5.74, 6) is 0. The summed E-state index contributed by atoms with van der Waals surface area (Å²) in [5.41, 5.74) is 1.20. The fraction of sp³-hybridized carbons (Fsp3) is 0.368. The van der Waals surface area contributed by atoms with Crippen LogP contribution in [0.5, 0.6) is 0 Å². The highest BCUT2D eigenvalue weighted by atomic mass is 32.3. The molecule has 10 nitrogen and oxygen atoms in total. The lowest BCUT2D eigenvalue weighted by atomic mass is 10.1. The van der Waals surface area contributed by atoms with E-state index in [-0.39, 0.29) is 11.4 Å². The summed E-state index contributed by atoms with van der Waals surface area (Å²) < 4.78 is 51.4. The van der Waals surface area contributed by atoms with Crippen molar-refractivity contribution in [3.63, 3.8) is 0 Å². The summed E-state index contributed by atoms with van der Waals surface area (Å²) in [7, 11) is -8.27. The number of carbonyl (C=O) groups excluding carboxylic acids is 1. The third kappa shape index (κ3) is 6.00. The smallest absolute Gasteiger partial charge is 0.319 e. The molecule has 31 heavy (non-hydrogen) atoms. The van der Waals surface area contributed by atoms with E-state index in [1.54, 1.807) is 18.5 Å². The van der Waals surface area contributed by atoms with Crippen molar-refractivity contribution in [2.45, 2.75) is 30.3 Å². The van der Waals surface area contributed by atoms with Gasteiger partial charge in [-0.25, -0.2) is 21.6 Å². The van der Waals surface area contributed by atoms with E-state index in [2.05, 4.69) is 20.9 Å². The zero-order valence-corrected chi connectivity index (χ0v) is 18.6. The Morgan fingerprint density at radius 1 is 1.13 bits per heavy atom. The maximum Gasteiger partial charge on any atom is 0.319 e. The molecule has 2 amide bonds. The number of nitrogens with zero attached hydrogens (tertiary/aromatic N) is 2. The monoisotopic (exact) mass is 467 g/mol. The number of carbonyl (C=O) groups is 1. The van der Waals surface area contributed by atoms with Crippen molar-refractivity contribution < 1.29 is 21.6 Å². The highest BCUT2D eigenvalue weighted by Crippen LogP contribution is 2.26. The van der Waals surface area contributed by atoms with Crippen molar-refractivity contribution in [1.82, 2.24) is 19.3 Å². The van der Waals surface area contributed by atoms with Gasteiger partial charge in [0.1, 0.15) is 0 Å². The highest BCUT2D eigenvalue weighted by molar-refractivity contribution is 8.03. The van der Waals surface area contributed by atoms with E-state index in [0.717, 1.165) is 11.8 Å². The van der Waals surface area contributed by atoms with Crippen LogP contribution in [0.2, 0.25) is 0 Å². The average molecular weight is 468 g/mol. The van der Waals surface area contributed by atoms with E-state index < -0.39 is 32.1 Å². The summed E-state index contributed by atoms with van der Waals surface area (Å²) in [6.07, 6.45) is 4.98. The summed E-state index contributed by atoms with van der Waals surface area (Å²) >= 11 is 0. The van der Waals surface area contributed by atoms with Crippen molar-refractivity contribution in [3.05, 3.63) is 54.4 Å². The predicted molar refractivity (Wildman–Crippen MR) is 116 cm³/mol. The minimum absolute atomic E-state index is 0.155. The van der Waals surface area contributed by atoms with Gasteiger partial charge in [0.25, 0.3) is 10.0 Å². The fourth-order valence-corrected chi connectivity index (χ4v) is 7.06. The van der Waals surface area contributed by atoms with E-state index in [0.29, 0.717) is 35.3 Å². The molecule has 0 unspecified atom stereocenters. The average Bonchev–Trinajstić information content (AvgIpc) is 2.73. The molecule has 3 rings (SSSR count). The molecule has 1 saturated heterocycles. The molecule has 0 radical (unpaired) electrons. The first-order chi connectivity index (χ1) is 14.7. The molecular formula is C19H25N5O5S2. The topological polar surface area (TPSA) is 138 Å². The number of rotatable bonds is 7. The number of sulfonamides is 2. The van der Waals surface area contributed by atoms with Crippen LogP contribution in [0.3, 0.4) is 0 Å². The van der Waals surface area contributed by atoms with Crippen molar-refractivity contribution in [1.29, 1.82) is 0 Å². The third-order valence-electron chi connectivity index (χ3n) is 4.76. The normalized spacial score (nSPS) is 15.5. The minimum Gasteiger partial charge on any atom is -0.334 e. The molecule has 0 aliphatic carbocycles. The van der Waals surface area contributed by atoms with Crippen molar-refractivity contribution in [2.24, 2.45) is 0 Å². The molecule has 1 aromatic carbocycles. The van der Waals surface area contributed by atoms with E-state index >= 15 is 0 Å². The maximum absolute atomic E-state index is 13.1. The number of amides is 2. The van der Waals surface area contributed by atoms with Gasteiger partial charge in [0.05, 0.1) is 11.2 Å². The number of urea groups is 1. The Balaban J connectivity index is 1.70. The zero-order valence-electron chi connectivity index (χ0n) is 17.0. The second-order valence-corrected chi connectivity index (χ2v) is 11.1. The van der Waals surface area contributed by atoms with Crippen LogP contribution >= 0.6 is 0 Å². The van der Waals surface area contributed by atoms with E-state index in [4.69, 9.17) is 0 Å². The van der Waals surface area contributed by atoms with Crippen LogP contribution in [0.1, 0.15) is 18.4 Å². The van der Waals surface area contributed by atoms with Crippen molar-refractivity contribution >= 4 is 31.8 Å². The number of hydrogen-bond donors (Lipinski definition) is 3. The number of anilines is 1. The Morgan fingerprint density at radius 3 is 2.39 bits per heavy atom. The van der Waals surface area contributed by atoms with Crippen molar-refractivity contribution in [3.8, 4) is 0 Å². The van der Waals surface area contributed by atoms with Crippen LogP contribution in [0.4, 0.5) is 10.5 Å². The molecule has 168 valence electrons. The van der Waals surface area contributed by atoms with Crippen LogP contribution in [-0.4, -0.2) is 56.9 Å². The van der Waals surface area contributed by atoms with Gasteiger partial charge in [-0.1, -0.05) is 9.78 Å². The molecule has 0 spiro atoms. The second-order valence-electron chi connectivity index (χ2n) is 7.17. The molecule has 2 heterocycles. The predicted octanol–water partition coefficient (Wildman–Crippen LogP) is 1.11. The standard InChI is InChI=1S/C19H25N5O5S2/c1-30(26,27)24(17-8-11-20-12-9-17)31(28,29)18-6-4-16(5-7-18)23-19(25)22-14-15-3-2-10-21-13-15/h2-7,10,13,17,20H,8-9,11-12,14H2,1H3,(H2,22,23,25). The molecular weight excluding hydrogens is 442 g/mol. The molecule has 1 fully saturated rings. The summed E-state index contributed by atoms with van der Waals surface area (Å²) in [6, 6.07) is 7.89. The van der Waals surface area contributed by atoms with E-state index in [1.807, 2.05) is 6.07 Å². The summed E-state index contributed by atoms with van der Waals surface area (Å²) in [6.45, 7) is 1.37. The van der Waals surface area contributed by atoms with Gasteiger partial charge < -0.3 is 16.0 Å². The van der Waals surface area contributed by atoms with Crippen LogP contribution < -0.4 is 16.0 Å². The lowest BCUT2D eigenvalue weighted by Crippen LogP contribution is -2.48. The first-order valence-corrected chi connectivity index (χ1v) is 13.0. The molecule has 12 heteroatoms. The summed E-state index contributed by atoms with van der Waals surface area (Å²) in [5, 5.41) is 8.37. The van der Waals surface area contributed by atoms with Gasteiger partial charge >= 0.3 is 6.03 Å². The number of pyridine rings is 1. The van der Waals surface area contributed by atoms with Gasteiger partial charge in [0, 0.05) is 30.7 Å². The van der Waals surface area contributed by atoms with Gasteiger partial charge in [0.2, 0.25) is 10.0 Å². The maximum atomic E-state index is 13.1. The lowest BCUT2D eigenvalue weighted by Gasteiger charge is -2.31. The van der Waals surface area contributed by atoms with Crippen LogP contribution in [0.15, 0.2) is 53.7 Å². The number of hydrogen-bond acceptors (Lipinski definition) is 7. The van der Waals surface area contributed by atoms with Gasteiger partial charge in [0.15, 0.2) is 0 Å². The number of nitrogens with one attached hydrogen (secondary N) is 3. The van der Waals surface area contributed by atoms with Crippen LogP contribution in [0, 0.1) is 0 Å². The molecule has 1 aliphatic heterocycles. The Morgan fingerprint density at radius 2 is 1.81 bits per heavy atom.